The van der Waals surface area contributed by atoms with Gasteiger partial charge < -0.3 is 14.0 Å². The van der Waals surface area contributed by atoms with Crippen molar-refractivity contribution in [1.82, 2.24) is 19.9 Å². The number of halogens is 1. The van der Waals surface area contributed by atoms with Crippen LogP contribution < -0.4 is 15.0 Å². The standard InChI is InChI=1S/C22H19FN4O4/c1-3-30-18-10-6-15(12-19(18)29-2)22-24-20(31-26-22)13-27-21(28)11-9-17(25-27)14-4-7-16(23)8-5-14/h4-12H,3,13H2,1-2H3. The van der Waals surface area contributed by atoms with E-state index in [4.69, 9.17) is 14.0 Å². The van der Waals surface area contributed by atoms with E-state index >= 15 is 0 Å². The molecule has 158 valence electrons. The molecule has 2 aromatic carbocycles. The van der Waals surface area contributed by atoms with Gasteiger partial charge in [-0.25, -0.2) is 9.07 Å². The van der Waals surface area contributed by atoms with E-state index in [2.05, 4.69) is 15.2 Å². The van der Waals surface area contributed by atoms with Crippen LogP contribution in [0.15, 0.2) is 63.9 Å². The molecule has 8 nitrogen and oxygen atoms in total. The highest BCUT2D eigenvalue weighted by atomic mass is 19.1. The first-order valence-corrected chi connectivity index (χ1v) is 9.55. The highest BCUT2D eigenvalue weighted by Crippen LogP contribution is 2.31. The lowest BCUT2D eigenvalue weighted by Crippen LogP contribution is -2.23. The van der Waals surface area contributed by atoms with Crippen molar-refractivity contribution >= 4 is 0 Å². The molecular weight excluding hydrogens is 403 g/mol. The first-order chi connectivity index (χ1) is 15.1. The lowest BCUT2D eigenvalue weighted by Gasteiger charge is -2.09. The molecule has 2 aromatic heterocycles. The lowest BCUT2D eigenvalue weighted by molar-refractivity contribution is 0.311. The molecule has 0 amide bonds. The van der Waals surface area contributed by atoms with Crippen LogP contribution in [0.25, 0.3) is 22.6 Å². The van der Waals surface area contributed by atoms with E-state index in [0.29, 0.717) is 40.8 Å². The van der Waals surface area contributed by atoms with Gasteiger partial charge in [-0.2, -0.15) is 10.1 Å². The predicted molar refractivity (Wildman–Crippen MR) is 110 cm³/mol. The van der Waals surface area contributed by atoms with Gasteiger partial charge >= 0.3 is 0 Å². The molecule has 0 atom stereocenters. The van der Waals surface area contributed by atoms with Gasteiger partial charge in [0, 0.05) is 17.2 Å². The summed E-state index contributed by atoms with van der Waals surface area (Å²) in [5.74, 6) is 1.38. The highest BCUT2D eigenvalue weighted by molar-refractivity contribution is 5.61. The number of benzene rings is 2. The fourth-order valence-electron chi connectivity index (χ4n) is 2.98. The van der Waals surface area contributed by atoms with Gasteiger partial charge in [0.25, 0.3) is 5.56 Å². The van der Waals surface area contributed by atoms with Crippen molar-refractivity contribution in [2.45, 2.75) is 13.5 Å². The molecule has 0 radical (unpaired) electrons. The molecule has 0 aliphatic carbocycles. The van der Waals surface area contributed by atoms with Crippen molar-refractivity contribution in [3.63, 3.8) is 0 Å². The Morgan fingerprint density at radius 1 is 1.03 bits per heavy atom. The number of aromatic nitrogens is 4. The molecule has 0 aliphatic rings. The zero-order valence-corrected chi connectivity index (χ0v) is 16.9. The molecule has 4 rings (SSSR count). The Morgan fingerprint density at radius 2 is 1.81 bits per heavy atom. The van der Waals surface area contributed by atoms with Gasteiger partial charge in [-0.1, -0.05) is 5.16 Å². The van der Waals surface area contributed by atoms with E-state index < -0.39 is 0 Å². The van der Waals surface area contributed by atoms with E-state index in [9.17, 15) is 9.18 Å². The maximum absolute atomic E-state index is 13.2. The molecule has 0 fully saturated rings. The Morgan fingerprint density at radius 3 is 2.55 bits per heavy atom. The number of nitrogens with zero attached hydrogens (tertiary/aromatic N) is 4. The largest absolute Gasteiger partial charge is 0.493 e. The molecule has 31 heavy (non-hydrogen) atoms. The maximum atomic E-state index is 13.2. The summed E-state index contributed by atoms with van der Waals surface area (Å²) < 4.78 is 30.6. The third kappa shape index (κ3) is 4.45. The number of ether oxygens (including phenoxy) is 2. The third-order valence-corrected chi connectivity index (χ3v) is 4.48. The zero-order valence-electron chi connectivity index (χ0n) is 16.9. The summed E-state index contributed by atoms with van der Waals surface area (Å²) in [6.45, 7) is 2.40. The van der Waals surface area contributed by atoms with E-state index in [1.54, 1.807) is 43.5 Å². The molecular formula is C22H19FN4O4. The van der Waals surface area contributed by atoms with Gasteiger partial charge in [0.05, 0.1) is 19.4 Å². The summed E-state index contributed by atoms with van der Waals surface area (Å²) in [6.07, 6.45) is 0. The molecule has 0 aliphatic heterocycles. The molecule has 0 N–H and O–H groups in total. The minimum absolute atomic E-state index is 0.00493. The van der Waals surface area contributed by atoms with E-state index in [1.807, 2.05) is 6.92 Å². The van der Waals surface area contributed by atoms with Crippen LogP contribution in [0.1, 0.15) is 12.8 Å². The van der Waals surface area contributed by atoms with Crippen LogP contribution in [0.4, 0.5) is 4.39 Å². The predicted octanol–water partition coefficient (Wildman–Crippen LogP) is 3.56. The minimum Gasteiger partial charge on any atom is -0.493 e. The number of rotatable bonds is 7. The van der Waals surface area contributed by atoms with Gasteiger partial charge in [-0.05, 0) is 55.5 Å². The Labute approximate surface area is 176 Å². The third-order valence-electron chi connectivity index (χ3n) is 4.48. The van der Waals surface area contributed by atoms with Gasteiger partial charge in [0.1, 0.15) is 12.4 Å². The molecule has 0 saturated carbocycles. The molecule has 9 heteroatoms. The van der Waals surface area contributed by atoms with Crippen molar-refractivity contribution in [3.8, 4) is 34.1 Å². The molecule has 0 unspecified atom stereocenters. The second-order valence-electron chi connectivity index (χ2n) is 6.53. The maximum Gasteiger partial charge on any atom is 0.267 e. The average Bonchev–Trinajstić information content (AvgIpc) is 3.25. The zero-order chi connectivity index (χ0) is 21.8. The van der Waals surface area contributed by atoms with Crippen LogP contribution in [0, 0.1) is 5.82 Å². The van der Waals surface area contributed by atoms with E-state index in [0.717, 1.165) is 0 Å². The summed E-state index contributed by atoms with van der Waals surface area (Å²) in [6, 6.07) is 14.1. The van der Waals surface area contributed by atoms with Crippen molar-refractivity contribution < 1.29 is 18.4 Å². The fraction of sp³-hybridized carbons (Fsp3) is 0.182. The summed E-state index contributed by atoms with van der Waals surface area (Å²) >= 11 is 0. The van der Waals surface area contributed by atoms with E-state index in [1.165, 1.54) is 22.9 Å². The Kier molecular flexibility index (Phi) is 5.74. The van der Waals surface area contributed by atoms with Gasteiger partial charge in [-0.3, -0.25) is 4.79 Å². The summed E-state index contributed by atoms with van der Waals surface area (Å²) in [5, 5.41) is 8.31. The Hall–Kier alpha value is -4.01. The number of hydrogen-bond donors (Lipinski definition) is 0. The minimum atomic E-state index is -0.346. The van der Waals surface area contributed by atoms with Gasteiger partial charge in [0.15, 0.2) is 11.5 Å². The van der Waals surface area contributed by atoms with Crippen LogP contribution >= 0.6 is 0 Å². The van der Waals surface area contributed by atoms with Crippen molar-refractivity contribution in [2.24, 2.45) is 0 Å². The second-order valence-corrected chi connectivity index (χ2v) is 6.53. The summed E-state index contributed by atoms with van der Waals surface area (Å²) in [7, 11) is 1.55. The second kappa shape index (κ2) is 8.78. The summed E-state index contributed by atoms with van der Waals surface area (Å²) in [4.78, 5) is 16.6. The topological polar surface area (TPSA) is 92.3 Å². The first-order valence-electron chi connectivity index (χ1n) is 9.55. The van der Waals surface area contributed by atoms with Crippen molar-refractivity contribution in [1.29, 1.82) is 0 Å². The fourth-order valence-corrected chi connectivity index (χ4v) is 2.98. The van der Waals surface area contributed by atoms with Crippen LogP contribution in [0.5, 0.6) is 11.5 Å². The van der Waals surface area contributed by atoms with Crippen LogP contribution in [-0.4, -0.2) is 33.6 Å². The van der Waals surface area contributed by atoms with Crippen molar-refractivity contribution in [3.05, 3.63) is 76.7 Å². The van der Waals surface area contributed by atoms with Gasteiger partial charge in [0.2, 0.25) is 11.7 Å². The lowest BCUT2D eigenvalue weighted by atomic mass is 10.1. The summed E-state index contributed by atoms with van der Waals surface area (Å²) in [5.41, 5.74) is 1.56. The first kappa shape index (κ1) is 20.3. The van der Waals surface area contributed by atoms with Gasteiger partial charge in [-0.15, -0.1) is 0 Å². The van der Waals surface area contributed by atoms with Crippen LogP contribution in [0.2, 0.25) is 0 Å². The highest BCUT2D eigenvalue weighted by Gasteiger charge is 2.14. The Bertz CT molecular complexity index is 1250. The SMILES string of the molecule is CCOc1ccc(-c2noc(Cn3nc(-c4ccc(F)cc4)ccc3=O)n2)cc1OC. The number of hydrogen-bond acceptors (Lipinski definition) is 7. The molecule has 0 bridgehead atoms. The normalized spacial score (nSPS) is 10.8. The molecule has 0 saturated heterocycles. The number of methoxy groups -OCH3 is 1. The smallest absolute Gasteiger partial charge is 0.267 e. The van der Waals surface area contributed by atoms with Crippen LogP contribution in [-0.2, 0) is 6.54 Å². The van der Waals surface area contributed by atoms with Crippen molar-refractivity contribution in [2.75, 3.05) is 13.7 Å². The van der Waals surface area contributed by atoms with E-state index in [-0.39, 0.29) is 23.8 Å². The van der Waals surface area contributed by atoms with Crippen LogP contribution in [0.3, 0.4) is 0 Å². The Balaban J connectivity index is 1.59. The monoisotopic (exact) mass is 422 g/mol. The quantitative estimate of drug-likeness (QED) is 0.450. The molecule has 2 heterocycles. The molecule has 4 aromatic rings. The average molecular weight is 422 g/mol. The molecule has 0 spiro atoms.